The summed E-state index contributed by atoms with van der Waals surface area (Å²) in [6.45, 7) is 15.5. The highest BCUT2D eigenvalue weighted by atomic mass is 28.4. The molecular formula is C15H36O4Si2. The van der Waals surface area contributed by atoms with E-state index in [1.165, 1.54) is 18.1 Å². The number of hydrogen-bond donors (Lipinski definition) is 0. The maximum atomic E-state index is 6.30. The quantitative estimate of drug-likeness (QED) is 0.347. The van der Waals surface area contributed by atoms with Crippen LogP contribution in [0.2, 0.25) is 24.2 Å². The molecular weight excluding hydrogens is 300 g/mol. The van der Waals surface area contributed by atoms with Crippen LogP contribution >= 0.6 is 0 Å². The third-order valence-corrected chi connectivity index (χ3v) is 11.9. The molecule has 0 saturated heterocycles. The predicted octanol–water partition coefficient (Wildman–Crippen LogP) is 4.45. The molecule has 0 rings (SSSR count). The van der Waals surface area contributed by atoms with Crippen LogP contribution in [0.1, 0.15) is 48.0 Å². The molecule has 128 valence electrons. The van der Waals surface area contributed by atoms with Crippen LogP contribution in [0.4, 0.5) is 0 Å². The van der Waals surface area contributed by atoms with E-state index in [0.717, 1.165) is 19.1 Å². The molecule has 0 atom stereocenters. The molecule has 0 saturated carbocycles. The molecule has 6 heteroatoms. The Hall–Kier alpha value is 0.274. The molecule has 0 unspecified atom stereocenters. The van der Waals surface area contributed by atoms with Crippen LogP contribution < -0.4 is 0 Å². The van der Waals surface area contributed by atoms with E-state index in [4.69, 9.17) is 17.7 Å². The first-order valence-electron chi connectivity index (χ1n) is 8.63. The lowest BCUT2D eigenvalue weighted by Gasteiger charge is -2.30. The summed E-state index contributed by atoms with van der Waals surface area (Å²) in [7, 11) is -3.96. The van der Waals surface area contributed by atoms with Crippen molar-refractivity contribution < 1.29 is 17.7 Å². The van der Waals surface area contributed by atoms with Crippen molar-refractivity contribution in [3.8, 4) is 0 Å². The van der Waals surface area contributed by atoms with E-state index in [-0.39, 0.29) is 0 Å². The van der Waals surface area contributed by atoms with Crippen molar-refractivity contribution in [2.75, 3.05) is 26.4 Å². The van der Waals surface area contributed by atoms with Crippen molar-refractivity contribution in [2.24, 2.45) is 0 Å². The molecule has 0 radical (unpaired) electrons. The zero-order chi connectivity index (χ0) is 16.2. The van der Waals surface area contributed by atoms with Crippen molar-refractivity contribution in [1.82, 2.24) is 0 Å². The zero-order valence-corrected chi connectivity index (χ0v) is 17.0. The molecule has 0 spiro atoms. The van der Waals surface area contributed by atoms with Gasteiger partial charge in [0.1, 0.15) is 0 Å². The normalized spacial score (nSPS) is 12.9. The van der Waals surface area contributed by atoms with Gasteiger partial charge >= 0.3 is 8.80 Å². The molecule has 0 N–H and O–H groups in total. The second kappa shape index (κ2) is 11.8. The van der Waals surface area contributed by atoms with Crippen LogP contribution in [0.25, 0.3) is 0 Å². The summed E-state index contributed by atoms with van der Waals surface area (Å²) in [5.74, 6) is 0. The SMILES string of the molecule is CCO[Si](CCCO[Si](CC)(CC)CC)(OCC)OCC. The highest BCUT2D eigenvalue weighted by Gasteiger charge is 2.40. The van der Waals surface area contributed by atoms with Gasteiger partial charge in [-0.25, -0.2) is 0 Å². The summed E-state index contributed by atoms with van der Waals surface area (Å²) < 4.78 is 23.9. The van der Waals surface area contributed by atoms with Gasteiger partial charge in [-0.3, -0.25) is 0 Å². The van der Waals surface area contributed by atoms with E-state index in [0.29, 0.717) is 19.8 Å². The standard InChI is InChI=1S/C15H36O4Si2/c1-7-16-21(17-8-2,18-9-3)15-13-14-19-20(10-4,11-5)12-6/h7-15H2,1-6H3. The molecule has 0 heterocycles. The van der Waals surface area contributed by atoms with E-state index in [1.54, 1.807) is 0 Å². The molecule has 0 aliphatic rings. The van der Waals surface area contributed by atoms with E-state index in [9.17, 15) is 0 Å². The third kappa shape index (κ3) is 7.39. The fourth-order valence-electron chi connectivity index (χ4n) is 2.63. The molecule has 0 aromatic heterocycles. The Morgan fingerprint density at radius 2 is 1.05 bits per heavy atom. The number of rotatable bonds is 14. The first-order chi connectivity index (χ1) is 10.1. The molecule has 21 heavy (non-hydrogen) atoms. The Morgan fingerprint density at radius 1 is 0.619 bits per heavy atom. The van der Waals surface area contributed by atoms with E-state index in [1.807, 2.05) is 20.8 Å². The minimum absolute atomic E-state index is 0.643. The van der Waals surface area contributed by atoms with Gasteiger partial charge in [0.25, 0.3) is 0 Å². The lowest BCUT2D eigenvalue weighted by Crippen LogP contribution is -2.46. The van der Waals surface area contributed by atoms with Crippen molar-refractivity contribution in [3.05, 3.63) is 0 Å². The summed E-state index contributed by atoms with van der Waals surface area (Å²) in [6, 6.07) is 4.45. The van der Waals surface area contributed by atoms with Gasteiger partial charge < -0.3 is 17.7 Å². The fourth-order valence-corrected chi connectivity index (χ4v) is 7.90. The summed E-state index contributed by atoms with van der Waals surface area (Å²) in [4.78, 5) is 0. The van der Waals surface area contributed by atoms with Gasteiger partial charge in [-0.05, 0) is 45.3 Å². The van der Waals surface area contributed by atoms with E-state index >= 15 is 0 Å². The minimum Gasteiger partial charge on any atom is -0.417 e. The number of hydrogen-bond acceptors (Lipinski definition) is 4. The van der Waals surface area contributed by atoms with Gasteiger partial charge in [-0.15, -0.1) is 0 Å². The molecule has 0 aliphatic carbocycles. The average molecular weight is 337 g/mol. The molecule has 0 aliphatic heterocycles. The van der Waals surface area contributed by atoms with Crippen LogP contribution in [0, 0.1) is 0 Å². The topological polar surface area (TPSA) is 36.9 Å². The van der Waals surface area contributed by atoms with Crippen LogP contribution in [0.5, 0.6) is 0 Å². The zero-order valence-electron chi connectivity index (χ0n) is 15.0. The third-order valence-electron chi connectivity index (χ3n) is 4.06. The Morgan fingerprint density at radius 3 is 1.38 bits per heavy atom. The fraction of sp³-hybridized carbons (Fsp3) is 1.00. The first-order valence-corrected chi connectivity index (χ1v) is 13.1. The second-order valence-electron chi connectivity index (χ2n) is 5.18. The molecule has 0 aromatic carbocycles. The van der Waals surface area contributed by atoms with Crippen LogP contribution in [-0.4, -0.2) is 43.5 Å². The largest absolute Gasteiger partial charge is 0.501 e. The molecule has 0 aromatic rings. The van der Waals surface area contributed by atoms with Crippen molar-refractivity contribution >= 4 is 17.1 Å². The average Bonchev–Trinajstić information content (AvgIpc) is 2.49. The maximum absolute atomic E-state index is 6.30. The molecule has 0 amide bonds. The summed E-state index contributed by atoms with van der Waals surface area (Å²) in [5, 5.41) is 0. The second-order valence-corrected chi connectivity index (χ2v) is 12.7. The van der Waals surface area contributed by atoms with Gasteiger partial charge in [0.2, 0.25) is 0 Å². The van der Waals surface area contributed by atoms with Gasteiger partial charge in [0, 0.05) is 32.5 Å². The monoisotopic (exact) mass is 336 g/mol. The molecule has 0 bridgehead atoms. The summed E-state index contributed by atoms with van der Waals surface area (Å²) in [6.07, 6.45) is 0.959. The van der Waals surface area contributed by atoms with Crippen molar-refractivity contribution in [1.29, 1.82) is 0 Å². The highest BCUT2D eigenvalue weighted by Crippen LogP contribution is 2.23. The maximum Gasteiger partial charge on any atom is 0.501 e. The van der Waals surface area contributed by atoms with Crippen molar-refractivity contribution in [2.45, 2.75) is 72.1 Å². The Balaban J connectivity index is 4.41. The van der Waals surface area contributed by atoms with Crippen molar-refractivity contribution in [3.63, 3.8) is 0 Å². The lowest BCUT2D eigenvalue weighted by atomic mass is 10.5. The first kappa shape index (κ1) is 21.3. The van der Waals surface area contributed by atoms with Gasteiger partial charge in [-0.1, -0.05) is 20.8 Å². The van der Waals surface area contributed by atoms with Crippen LogP contribution in [0.3, 0.4) is 0 Å². The summed E-state index contributed by atoms with van der Waals surface area (Å²) in [5.41, 5.74) is 0. The van der Waals surface area contributed by atoms with Gasteiger partial charge in [-0.2, -0.15) is 0 Å². The van der Waals surface area contributed by atoms with E-state index < -0.39 is 17.1 Å². The lowest BCUT2D eigenvalue weighted by molar-refractivity contribution is 0.0695. The smallest absolute Gasteiger partial charge is 0.417 e. The predicted molar refractivity (Wildman–Crippen MR) is 93.2 cm³/mol. The van der Waals surface area contributed by atoms with E-state index in [2.05, 4.69) is 20.8 Å². The molecule has 4 nitrogen and oxygen atoms in total. The van der Waals surface area contributed by atoms with Crippen LogP contribution in [0.15, 0.2) is 0 Å². The minimum atomic E-state index is -2.49. The Bertz CT molecular complexity index is 223. The molecule has 0 fully saturated rings. The van der Waals surface area contributed by atoms with Crippen LogP contribution in [-0.2, 0) is 17.7 Å². The van der Waals surface area contributed by atoms with Gasteiger partial charge in [0.05, 0.1) is 0 Å². The Labute approximate surface area is 134 Å². The van der Waals surface area contributed by atoms with Gasteiger partial charge in [0.15, 0.2) is 8.32 Å². The summed E-state index contributed by atoms with van der Waals surface area (Å²) >= 11 is 0. The Kier molecular flexibility index (Phi) is 11.9. The highest BCUT2D eigenvalue weighted by molar-refractivity contribution is 6.73.